The number of sulfonamides is 1. The van der Waals surface area contributed by atoms with E-state index in [1.165, 1.54) is 17.4 Å². The SMILES string of the molecule is CN1CC[C@@]2(C)c3cc(O)ccc3C[C@@H]1[C@@H]2N(C)CC1CCN(S(C)(=O)=O)CC1. The quantitative estimate of drug-likeness (QED) is 0.804. The van der Waals surface area contributed by atoms with Gasteiger partial charge in [0.25, 0.3) is 0 Å². The summed E-state index contributed by atoms with van der Waals surface area (Å²) in [5.41, 5.74) is 2.70. The zero-order chi connectivity index (χ0) is 21.0. The summed E-state index contributed by atoms with van der Waals surface area (Å²) in [6, 6.07) is 6.77. The van der Waals surface area contributed by atoms with Crippen LogP contribution in [0.5, 0.6) is 5.75 Å². The molecule has 29 heavy (non-hydrogen) atoms. The van der Waals surface area contributed by atoms with Crippen molar-refractivity contribution in [2.45, 2.75) is 50.1 Å². The summed E-state index contributed by atoms with van der Waals surface area (Å²) in [7, 11) is 1.40. The van der Waals surface area contributed by atoms with E-state index in [0.29, 0.717) is 36.8 Å². The van der Waals surface area contributed by atoms with E-state index in [2.05, 4.69) is 36.9 Å². The topological polar surface area (TPSA) is 64.1 Å². The van der Waals surface area contributed by atoms with Gasteiger partial charge in [-0.25, -0.2) is 12.7 Å². The van der Waals surface area contributed by atoms with E-state index >= 15 is 0 Å². The average Bonchev–Trinajstić information content (AvgIpc) is 2.65. The molecule has 0 saturated carbocycles. The molecule has 0 unspecified atom stereocenters. The van der Waals surface area contributed by atoms with Gasteiger partial charge in [0.05, 0.1) is 6.26 Å². The summed E-state index contributed by atoms with van der Waals surface area (Å²) < 4.78 is 25.2. The van der Waals surface area contributed by atoms with Gasteiger partial charge in [-0.15, -0.1) is 0 Å². The zero-order valence-electron chi connectivity index (χ0n) is 18.1. The number of hydrogen-bond donors (Lipinski definition) is 1. The average molecular weight is 422 g/mol. The molecule has 6 nitrogen and oxygen atoms in total. The van der Waals surface area contributed by atoms with Crippen LogP contribution in [0.1, 0.15) is 37.3 Å². The third kappa shape index (κ3) is 3.82. The summed E-state index contributed by atoms with van der Waals surface area (Å²) in [6.45, 7) is 5.72. The molecule has 2 bridgehead atoms. The first-order valence-electron chi connectivity index (χ1n) is 10.8. The highest BCUT2D eigenvalue weighted by Gasteiger charge is 2.51. The maximum atomic E-state index is 11.8. The van der Waals surface area contributed by atoms with Crippen LogP contribution in [0.3, 0.4) is 0 Å². The molecular weight excluding hydrogens is 386 g/mol. The number of piperidine rings is 2. The predicted molar refractivity (Wildman–Crippen MR) is 116 cm³/mol. The lowest BCUT2D eigenvalue weighted by Gasteiger charge is -2.58. The van der Waals surface area contributed by atoms with Gasteiger partial charge in [-0.1, -0.05) is 13.0 Å². The fourth-order valence-corrected chi connectivity index (χ4v) is 7.05. The third-order valence-corrected chi connectivity index (χ3v) is 9.07. The standard InChI is InChI=1S/C22H35N3O3S/c1-22-9-12-23(2)20(13-17-5-6-18(26)14-19(17)22)21(22)24(3)15-16-7-10-25(11-8-16)29(4,27)28/h5-6,14,16,20-21,26H,7-13,15H2,1-4H3/t20-,21+,22+/m1/s1. The van der Waals surface area contributed by atoms with Gasteiger partial charge in [0.15, 0.2) is 0 Å². The number of hydrogen-bond acceptors (Lipinski definition) is 5. The van der Waals surface area contributed by atoms with E-state index in [9.17, 15) is 13.5 Å². The normalized spacial score (nSPS) is 31.8. The number of nitrogens with zero attached hydrogens (tertiary/aromatic N) is 3. The summed E-state index contributed by atoms with van der Waals surface area (Å²) in [6.07, 6.45) is 5.27. The molecule has 1 aliphatic carbocycles. The summed E-state index contributed by atoms with van der Waals surface area (Å²) in [5, 5.41) is 10.2. The number of likely N-dealkylation sites (tertiary alicyclic amines) is 1. The van der Waals surface area contributed by atoms with Gasteiger partial charge in [0.2, 0.25) is 10.0 Å². The van der Waals surface area contributed by atoms with Gasteiger partial charge in [-0.2, -0.15) is 0 Å². The Morgan fingerprint density at radius 2 is 1.93 bits per heavy atom. The van der Waals surface area contributed by atoms with E-state index < -0.39 is 10.0 Å². The highest BCUT2D eigenvalue weighted by Crippen LogP contribution is 2.47. The van der Waals surface area contributed by atoms with Crippen LogP contribution in [-0.4, -0.2) is 86.2 Å². The molecule has 4 rings (SSSR count). The molecule has 2 aliphatic heterocycles. The number of benzene rings is 1. The number of likely N-dealkylation sites (N-methyl/N-ethyl adjacent to an activating group) is 2. The number of aromatic hydroxyl groups is 1. The molecule has 162 valence electrons. The first-order chi connectivity index (χ1) is 13.6. The van der Waals surface area contributed by atoms with Gasteiger partial charge >= 0.3 is 0 Å². The first-order valence-corrected chi connectivity index (χ1v) is 12.6. The fraction of sp³-hybridized carbons (Fsp3) is 0.727. The minimum atomic E-state index is -3.08. The van der Waals surface area contributed by atoms with E-state index in [1.54, 1.807) is 4.31 Å². The largest absolute Gasteiger partial charge is 0.508 e. The Hall–Kier alpha value is -1.15. The van der Waals surface area contributed by atoms with Crippen molar-refractivity contribution in [3.63, 3.8) is 0 Å². The summed E-state index contributed by atoms with van der Waals surface area (Å²) in [5.74, 6) is 0.884. The second kappa shape index (κ2) is 7.52. The van der Waals surface area contributed by atoms with Crippen molar-refractivity contribution in [3.05, 3.63) is 29.3 Å². The molecule has 7 heteroatoms. The van der Waals surface area contributed by atoms with Gasteiger partial charge in [0.1, 0.15) is 5.75 Å². The summed E-state index contributed by atoms with van der Waals surface area (Å²) in [4.78, 5) is 5.04. The molecule has 0 spiro atoms. The number of phenolic OH excluding ortho intramolecular Hbond substituents is 1. The van der Waals surface area contributed by atoms with Crippen molar-refractivity contribution in [3.8, 4) is 5.75 Å². The summed E-state index contributed by atoms with van der Waals surface area (Å²) >= 11 is 0. The highest BCUT2D eigenvalue weighted by molar-refractivity contribution is 7.88. The molecule has 3 atom stereocenters. The maximum absolute atomic E-state index is 11.8. The van der Waals surface area contributed by atoms with Crippen LogP contribution in [0.2, 0.25) is 0 Å². The van der Waals surface area contributed by atoms with E-state index in [1.807, 2.05) is 12.1 Å². The smallest absolute Gasteiger partial charge is 0.211 e. The van der Waals surface area contributed by atoms with Crippen LogP contribution in [-0.2, 0) is 21.9 Å². The van der Waals surface area contributed by atoms with Crippen molar-refractivity contribution in [1.82, 2.24) is 14.1 Å². The Bertz CT molecular complexity index is 866. The van der Waals surface area contributed by atoms with Crippen molar-refractivity contribution in [2.24, 2.45) is 5.92 Å². The van der Waals surface area contributed by atoms with Crippen molar-refractivity contribution < 1.29 is 13.5 Å². The molecule has 2 heterocycles. The molecule has 1 aromatic carbocycles. The molecule has 1 aromatic rings. The fourth-order valence-electron chi connectivity index (χ4n) is 6.17. The van der Waals surface area contributed by atoms with E-state index in [4.69, 9.17) is 0 Å². The third-order valence-electron chi connectivity index (χ3n) is 7.77. The van der Waals surface area contributed by atoms with Crippen LogP contribution >= 0.6 is 0 Å². The van der Waals surface area contributed by atoms with Crippen molar-refractivity contribution in [1.29, 1.82) is 0 Å². The molecule has 1 N–H and O–H groups in total. The second-order valence-electron chi connectivity index (χ2n) is 9.75. The molecule has 3 aliphatic rings. The van der Waals surface area contributed by atoms with Gasteiger partial charge in [-0.3, -0.25) is 0 Å². The number of rotatable bonds is 4. The molecule has 0 radical (unpaired) electrons. The molecule has 2 fully saturated rings. The van der Waals surface area contributed by atoms with E-state index in [0.717, 1.165) is 38.8 Å². The molecule has 0 aromatic heterocycles. The van der Waals surface area contributed by atoms with Crippen LogP contribution in [0.25, 0.3) is 0 Å². The van der Waals surface area contributed by atoms with Gasteiger partial charge < -0.3 is 14.9 Å². The minimum Gasteiger partial charge on any atom is -0.508 e. The van der Waals surface area contributed by atoms with Gasteiger partial charge in [-0.05, 0) is 75.5 Å². The second-order valence-corrected chi connectivity index (χ2v) is 11.7. The van der Waals surface area contributed by atoms with Crippen molar-refractivity contribution in [2.75, 3.05) is 46.5 Å². The molecule has 2 saturated heterocycles. The van der Waals surface area contributed by atoms with Crippen LogP contribution < -0.4 is 0 Å². The minimum absolute atomic E-state index is 0.0196. The Morgan fingerprint density at radius 1 is 1.24 bits per heavy atom. The lowest BCUT2D eigenvalue weighted by molar-refractivity contribution is -0.00614. The number of phenols is 1. The van der Waals surface area contributed by atoms with Crippen LogP contribution in [0.4, 0.5) is 0 Å². The Kier molecular flexibility index (Phi) is 5.47. The maximum Gasteiger partial charge on any atom is 0.211 e. The Morgan fingerprint density at radius 3 is 2.59 bits per heavy atom. The monoisotopic (exact) mass is 421 g/mol. The Balaban J connectivity index is 1.54. The Labute approximate surface area is 175 Å². The van der Waals surface area contributed by atoms with Crippen LogP contribution in [0.15, 0.2) is 18.2 Å². The predicted octanol–water partition coefficient (Wildman–Crippen LogP) is 1.88. The lowest BCUT2D eigenvalue weighted by Crippen LogP contribution is -2.66. The zero-order valence-corrected chi connectivity index (χ0v) is 19.0. The number of fused-ring (bicyclic) bond motifs is 4. The lowest BCUT2D eigenvalue weighted by atomic mass is 9.61. The molecular formula is C22H35N3O3S. The van der Waals surface area contributed by atoms with Gasteiger partial charge in [0, 0.05) is 37.1 Å². The van der Waals surface area contributed by atoms with Crippen molar-refractivity contribution >= 4 is 10.0 Å². The first kappa shape index (κ1) is 21.1. The van der Waals surface area contributed by atoms with E-state index in [-0.39, 0.29) is 5.41 Å². The highest BCUT2D eigenvalue weighted by atomic mass is 32.2. The molecule has 0 amide bonds. The van der Waals surface area contributed by atoms with Crippen LogP contribution in [0, 0.1) is 5.92 Å².